The van der Waals surface area contributed by atoms with Gasteiger partial charge in [0, 0.05) is 6.54 Å². The van der Waals surface area contributed by atoms with Crippen molar-refractivity contribution in [1.29, 1.82) is 0 Å². The number of hydrogen-bond acceptors (Lipinski definition) is 2. The second-order valence-electron chi connectivity index (χ2n) is 6.10. The molecule has 0 amide bonds. The van der Waals surface area contributed by atoms with Crippen LogP contribution >= 0.6 is 0 Å². The Morgan fingerprint density at radius 2 is 1.84 bits per heavy atom. The lowest BCUT2D eigenvalue weighted by Gasteiger charge is -2.26. The third kappa shape index (κ3) is 5.23. The molecule has 108 valence electrons. The summed E-state index contributed by atoms with van der Waals surface area (Å²) in [6.07, 6.45) is 2.43. The molecule has 0 heterocycles. The molecule has 0 fully saturated rings. The monoisotopic (exact) mass is 263 g/mol. The highest BCUT2D eigenvalue weighted by Gasteiger charge is 2.20. The van der Waals surface area contributed by atoms with E-state index in [2.05, 4.69) is 64.2 Å². The molecule has 0 spiro atoms. The number of benzene rings is 1. The summed E-state index contributed by atoms with van der Waals surface area (Å²) in [5.41, 5.74) is 1.40. The van der Waals surface area contributed by atoms with E-state index in [0.29, 0.717) is 0 Å². The third-order valence-electron chi connectivity index (χ3n) is 3.24. The first-order valence-corrected chi connectivity index (χ1v) is 7.45. The highest BCUT2D eigenvalue weighted by molar-refractivity contribution is 5.38. The van der Waals surface area contributed by atoms with E-state index >= 15 is 0 Å². The predicted molar refractivity (Wildman–Crippen MR) is 83.0 cm³/mol. The summed E-state index contributed by atoms with van der Waals surface area (Å²) in [5.74, 6) is 1.03. The summed E-state index contributed by atoms with van der Waals surface area (Å²) < 4.78 is 6.21. The number of para-hydroxylation sites is 1. The van der Waals surface area contributed by atoms with E-state index in [1.165, 1.54) is 5.56 Å². The van der Waals surface area contributed by atoms with Crippen molar-refractivity contribution in [3.05, 3.63) is 29.8 Å². The van der Waals surface area contributed by atoms with Gasteiger partial charge in [0.1, 0.15) is 11.9 Å². The molecule has 0 saturated carbocycles. The molecule has 0 aliphatic rings. The molecule has 1 aromatic rings. The SMILES string of the molecule is CCCNCC(CC)Oc1ccccc1C(C)(C)C. The Morgan fingerprint density at radius 3 is 2.42 bits per heavy atom. The maximum absolute atomic E-state index is 6.21. The molecule has 0 radical (unpaired) electrons. The highest BCUT2D eigenvalue weighted by Crippen LogP contribution is 2.31. The van der Waals surface area contributed by atoms with Crippen LogP contribution in [0.3, 0.4) is 0 Å². The second-order valence-corrected chi connectivity index (χ2v) is 6.10. The average molecular weight is 263 g/mol. The Hall–Kier alpha value is -1.02. The zero-order chi connectivity index (χ0) is 14.3. The van der Waals surface area contributed by atoms with Crippen molar-refractivity contribution >= 4 is 0 Å². The molecule has 0 aliphatic heterocycles. The van der Waals surface area contributed by atoms with Crippen LogP contribution in [0.2, 0.25) is 0 Å². The zero-order valence-electron chi connectivity index (χ0n) is 13.1. The lowest BCUT2D eigenvalue weighted by molar-refractivity contribution is 0.189. The van der Waals surface area contributed by atoms with E-state index in [4.69, 9.17) is 4.74 Å². The van der Waals surface area contributed by atoms with Gasteiger partial charge in [-0.05, 0) is 36.4 Å². The molecular formula is C17H29NO. The van der Waals surface area contributed by atoms with Crippen molar-refractivity contribution in [2.24, 2.45) is 0 Å². The third-order valence-corrected chi connectivity index (χ3v) is 3.24. The van der Waals surface area contributed by atoms with Crippen molar-refractivity contribution in [1.82, 2.24) is 5.32 Å². The minimum Gasteiger partial charge on any atom is -0.489 e. The summed E-state index contributed by atoms with van der Waals surface area (Å²) in [6.45, 7) is 13.0. The summed E-state index contributed by atoms with van der Waals surface area (Å²) >= 11 is 0. The standard InChI is InChI=1S/C17H29NO/c1-6-12-18-13-14(7-2)19-16-11-9-8-10-15(16)17(3,4)5/h8-11,14,18H,6-7,12-13H2,1-5H3. The van der Waals surface area contributed by atoms with Gasteiger partial charge in [-0.25, -0.2) is 0 Å². The maximum atomic E-state index is 6.21. The van der Waals surface area contributed by atoms with Crippen molar-refractivity contribution < 1.29 is 4.74 Å². The van der Waals surface area contributed by atoms with Crippen LogP contribution in [0.1, 0.15) is 53.0 Å². The van der Waals surface area contributed by atoms with E-state index in [-0.39, 0.29) is 11.5 Å². The van der Waals surface area contributed by atoms with E-state index in [1.807, 2.05) is 0 Å². The molecule has 0 bridgehead atoms. The van der Waals surface area contributed by atoms with Crippen LogP contribution in [-0.2, 0) is 5.41 Å². The molecule has 1 atom stereocenters. The van der Waals surface area contributed by atoms with Gasteiger partial charge in [0.15, 0.2) is 0 Å². The number of hydrogen-bond donors (Lipinski definition) is 1. The number of rotatable bonds is 7. The largest absolute Gasteiger partial charge is 0.489 e. The van der Waals surface area contributed by atoms with Crippen molar-refractivity contribution in [3.8, 4) is 5.75 Å². The molecule has 1 rings (SSSR count). The van der Waals surface area contributed by atoms with Crippen LogP contribution < -0.4 is 10.1 Å². The van der Waals surface area contributed by atoms with E-state index in [1.54, 1.807) is 0 Å². The van der Waals surface area contributed by atoms with Crippen LogP contribution in [0.5, 0.6) is 5.75 Å². The van der Waals surface area contributed by atoms with Gasteiger partial charge < -0.3 is 10.1 Å². The Kier molecular flexibility index (Phi) is 6.36. The van der Waals surface area contributed by atoms with Gasteiger partial charge in [0.25, 0.3) is 0 Å². The van der Waals surface area contributed by atoms with Gasteiger partial charge in [-0.3, -0.25) is 0 Å². The van der Waals surface area contributed by atoms with Gasteiger partial charge in [-0.15, -0.1) is 0 Å². The van der Waals surface area contributed by atoms with Crippen LogP contribution in [0.4, 0.5) is 0 Å². The van der Waals surface area contributed by atoms with Gasteiger partial charge in [-0.1, -0.05) is 52.8 Å². The van der Waals surface area contributed by atoms with Crippen LogP contribution in [0, 0.1) is 0 Å². The van der Waals surface area contributed by atoms with E-state index in [9.17, 15) is 0 Å². The van der Waals surface area contributed by atoms with Crippen LogP contribution in [0.25, 0.3) is 0 Å². The second kappa shape index (κ2) is 7.54. The van der Waals surface area contributed by atoms with Gasteiger partial charge >= 0.3 is 0 Å². The fourth-order valence-corrected chi connectivity index (χ4v) is 2.08. The number of nitrogens with one attached hydrogen (secondary N) is 1. The molecule has 2 heteroatoms. The first-order chi connectivity index (χ1) is 8.99. The van der Waals surface area contributed by atoms with Gasteiger partial charge in [-0.2, -0.15) is 0 Å². The van der Waals surface area contributed by atoms with Crippen molar-refractivity contribution in [2.45, 2.75) is 59.0 Å². The zero-order valence-corrected chi connectivity index (χ0v) is 13.1. The summed E-state index contributed by atoms with van der Waals surface area (Å²) in [5, 5.41) is 3.44. The topological polar surface area (TPSA) is 21.3 Å². The molecule has 1 N–H and O–H groups in total. The molecule has 1 unspecified atom stereocenters. The van der Waals surface area contributed by atoms with Crippen molar-refractivity contribution in [3.63, 3.8) is 0 Å². The van der Waals surface area contributed by atoms with Crippen LogP contribution in [-0.4, -0.2) is 19.2 Å². The van der Waals surface area contributed by atoms with E-state index in [0.717, 1.165) is 31.7 Å². The quantitative estimate of drug-likeness (QED) is 0.746. The van der Waals surface area contributed by atoms with Gasteiger partial charge in [0.05, 0.1) is 0 Å². The molecule has 0 saturated heterocycles. The molecule has 0 aromatic heterocycles. The maximum Gasteiger partial charge on any atom is 0.123 e. The molecular weight excluding hydrogens is 234 g/mol. The Bertz CT molecular complexity index is 368. The molecule has 19 heavy (non-hydrogen) atoms. The lowest BCUT2D eigenvalue weighted by Crippen LogP contribution is -2.32. The minimum atomic E-state index is 0.117. The first kappa shape index (κ1) is 16.0. The highest BCUT2D eigenvalue weighted by atomic mass is 16.5. The van der Waals surface area contributed by atoms with Gasteiger partial charge in [0.2, 0.25) is 0 Å². The fraction of sp³-hybridized carbons (Fsp3) is 0.647. The van der Waals surface area contributed by atoms with E-state index < -0.39 is 0 Å². The number of ether oxygens (including phenoxy) is 1. The summed E-state index contributed by atoms with van der Waals surface area (Å²) in [6, 6.07) is 8.39. The molecule has 1 aromatic carbocycles. The average Bonchev–Trinajstić information content (AvgIpc) is 2.37. The first-order valence-electron chi connectivity index (χ1n) is 7.45. The van der Waals surface area contributed by atoms with Crippen molar-refractivity contribution in [2.75, 3.05) is 13.1 Å². The predicted octanol–water partition coefficient (Wildman–Crippen LogP) is 4.14. The molecule has 0 aliphatic carbocycles. The Morgan fingerprint density at radius 1 is 1.16 bits per heavy atom. The Balaban J connectivity index is 2.74. The Labute approximate surface area is 118 Å². The lowest BCUT2D eigenvalue weighted by atomic mass is 9.86. The minimum absolute atomic E-state index is 0.117. The summed E-state index contributed by atoms with van der Waals surface area (Å²) in [4.78, 5) is 0. The molecule has 2 nitrogen and oxygen atoms in total. The smallest absolute Gasteiger partial charge is 0.123 e. The fourth-order valence-electron chi connectivity index (χ4n) is 2.08. The summed E-state index contributed by atoms with van der Waals surface area (Å²) in [7, 11) is 0. The van der Waals surface area contributed by atoms with Crippen LogP contribution in [0.15, 0.2) is 24.3 Å². The normalized spacial score (nSPS) is 13.3.